The van der Waals surface area contributed by atoms with Crippen LogP contribution in [0.5, 0.6) is 11.6 Å². The number of benzene rings is 1. The second kappa shape index (κ2) is 5.44. The van der Waals surface area contributed by atoms with E-state index in [9.17, 15) is 10.1 Å². The summed E-state index contributed by atoms with van der Waals surface area (Å²) in [6, 6.07) is 4.31. The molecule has 0 aliphatic carbocycles. The SMILES string of the molecule is O=[N+]([O-])c1cccc(Cl)c1Oc1ncncc1I. The zero-order valence-electron chi connectivity index (χ0n) is 8.71. The summed E-state index contributed by atoms with van der Waals surface area (Å²) < 4.78 is 6.03. The number of nitro benzene ring substituents is 1. The van der Waals surface area contributed by atoms with Gasteiger partial charge in [-0.15, -0.1) is 0 Å². The van der Waals surface area contributed by atoms with E-state index in [0.29, 0.717) is 3.57 Å². The Morgan fingerprint density at radius 3 is 2.89 bits per heavy atom. The zero-order chi connectivity index (χ0) is 13.1. The first kappa shape index (κ1) is 13.0. The molecule has 0 unspecified atom stereocenters. The summed E-state index contributed by atoms with van der Waals surface area (Å²) in [6.07, 6.45) is 2.83. The summed E-state index contributed by atoms with van der Waals surface area (Å²) in [7, 11) is 0. The number of rotatable bonds is 3. The van der Waals surface area contributed by atoms with E-state index < -0.39 is 4.92 Å². The minimum absolute atomic E-state index is 0.0271. The summed E-state index contributed by atoms with van der Waals surface area (Å²) >= 11 is 7.87. The quantitative estimate of drug-likeness (QED) is 0.465. The van der Waals surface area contributed by atoms with Crippen molar-refractivity contribution >= 4 is 39.9 Å². The standard InChI is InChI=1S/C10H5ClIN3O3/c11-6-2-1-3-8(15(16)17)9(6)18-10-7(12)4-13-5-14-10/h1-5H. The van der Waals surface area contributed by atoms with Crippen LogP contribution in [0, 0.1) is 13.7 Å². The van der Waals surface area contributed by atoms with E-state index in [1.54, 1.807) is 0 Å². The lowest BCUT2D eigenvalue weighted by Crippen LogP contribution is -1.97. The Hall–Kier alpha value is -1.48. The molecule has 0 N–H and O–H groups in total. The van der Waals surface area contributed by atoms with E-state index in [0.717, 1.165) is 0 Å². The molecule has 0 spiro atoms. The first-order valence-electron chi connectivity index (χ1n) is 4.66. The van der Waals surface area contributed by atoms with Crippen molar-refractivity contribution in [2.75, 3.05) is 0 Å². The van der Waals surface area contributed by atoms with Crippen molar-refractivity contribution in [3.63, 3.8) is 0 Å². The smallest absolute Gasteiger partial charge is 0.313 e. The van der Waals surface area contributed by atoms with Gasteiger partial charge in [0, 0.05) is 12.3 Å². The van der Waals surface area contributed by atoms with Crippen molar-refractivity contribution in [1.82, 2.24) is 9.97 Å². The van der Waals surface area contributed by atoms with Gasteiger partial charge in [0.25, 0.3) is 0 Å². The van der Waals surface area contributed by atoms with Crippen LogP contribution in [-0.2, 0) is 0 Å². The van der Waals surface area contributed by atoms with Crippen molar-refractivity contribution < 1.29 is 9.66 Å². The van der Waals surface area contributed by atoms with Gasteiger partial charge in [0.1, 0.15) is 6.33 Å². The average molecular weight is 378 g/mol. The molecule has 0 atom stereocenters. The largest absolute Gasteiger partial charge is 0.429 e. The van der Waals surface area contributed by atoms with Crippen LogP contribution in [0.15, 0.2) is 30.7 Å². The minimum atomic E-state index is -0.560. The second-order valence-electron chi connectivity index (χ2n) is 3.12. The summed E-state index contributed by atoms with van der Waals surface area (Å²) in [6.45, 7) is 0. The van der Waals surface area contributed by atoms with Crippen LogP contribution in [0.1, 0.15) is 0 Å². The molecule has 2 aromatic rings. The number of ether oxygens (including phenoxy) is 1. The summed E-state index contributed by atoms with van der Waals surface area (Å²) in [5.74, 6) is 0.197. The number of nitro groups is 1. The van der Waals surface area contributed by atoms with Crippen molar-refractivity contribution in [3.05, 3.63) is 49.4 Å². The molecule has 0 radical (unpaired) electrons. The molecule has 0 fully saturated rings. The van der Waals surface area contributed by atoms with Gasteiger partial charge in [-0.25, -0.2) is 9.97 Å². The number of nitrogens with zero attached hydrogens (tertiary/aromatic N) is 3. The van der Waals surface area contributed by atoms with Gasteiger partial charge < -0.3 is 4.74 Å². The van der Waals surface area contributed by atoms with Gasteiger partial charge in [0.05, 0.1) is 13.5 Å². The fraction of sp³-hybridized carbons (Fsp3) is 0. The number of aromatic nitrogens is 2. The maximum atomic E-state index is 10.9. The average Bonchev–Trinajstić information content (AvgIpc) is 2.34. The molecule has 0 saturated carbocycles. The Labute approximate surface area is 120 Å². The monoisotopic (exact) mass is 377 g/mol. The normalized spacial score (nSPS) is 10.1. The van der Waals surface area contributed by atoms with Gasteiger partial charge in [-0.1, -0.05) is 17.7 Å². The van der Waals surface area contributed by atoms with Gasteiger partial charge in [-0.05, 0) is 28.7 Å². The topological polar surface area (TPSA) is 78.2 Å². The molecule has 0 bridgehead atoms. The van der Waals surface area contributed by atoms with Crippen molar-refractivity contribution in [2.45, 2.75) is 0 Å². The predicted molar refractivity (Wildman–Crippen MR) is 72.9 cm³/mol. The summed E-state index contributed by atoms with van der Waals surface area (Å²) in [5, 5.41) is 11.0. The molecule has 0 aliphatic rings. The Morgan fingerprint density at radius 1 is 1.44 bits per heavy atom. The highest BCUT2D eigenvalue weighted by atomic mass is 127. The van der Waals surface area contributed by atoms with Crippen LogP contribution in [-0.4, -0.2) is 14.9 Å². The lowest BCUT2D eigenvalue weighted by molar-refractivity contribution is -0.385. The first-order chi connectivity index (χ1) is 8.59. The van der Waals surface area contributed by atoms with E-state index in [2.05, 4.69) is 9.97 Å². The van der Waals surface area contributed by atoms with Crippen LogP contribution < -0.4 is 4.74 Å². The molecule has 8 heteroatoms. The maximum absolute atomic E-state index is 10.9. The molecule has 1 aromatic carbocycles. The highest BCUT2D eigenvalue weighted by Gasteiger charge is 2.20. The molecule has 2 rings (SSSR count). The fourth-order valence-electron chi connectivity index (χ4n) is 1.22. The first-order valence-corrected chi connectivity index (χ1v) is 6.11. The van der Waals surface area contributed by atoms with Crippen LogP contribution in [0.3, 0.4) is 0 Å². The molecule has 1 heterocycles. The van der Waals surface area contributed by atoms with E-state index in [-0.39, 0.29) is 22.3 Å². The molecule has 92 valence electrons. The molecular weight excluding hydrogens is 372 g/mol. The number of para-hydroxylation sites is 1. The molecule has 1 aromatic heterocycles. The van der Waals surface area contributed by atoms with Crippen molar-refractivity contribution in [2.24, 2.45) is 0 Å². The Morgan fingerprint density at radius 2 is 2.22 bits per heavy atom. The lowest BCUT2D eigenvalue weighted by Gasteiger charge is -2.07. The Bertz CT molecular complexity index is 609. The van der Waals surface area contributed by atoms with E-state index in [1.165, 1.54) is 30.7 Å². The van der Waals surface area contributed by atoms with Gasteiger partial charge in [0.2, 0.25) is 11.6 Å². The van der Waals surface area contributed by atoms with E-state index >= 15 is 0 Å². The third-order valence-electron chi connectivity index (χ3n) is 1.98. The van der Waals surface area contributed by atoms with E-state index in [1.807, 2.05) is 22.6 Å². The van der Waals surface area contributed by atoms with Crippen LogP contribution in [0.2, 0.25) is 5.02 Å². The molecular formula is C10H5ClIN3O3. The van der Waals surface area contributed by atoms with Gasteiger partial charge >= 0.3 is 5.69 Å². The van der Waals surface area contributed by atoms with Gasteiger partial charge in [-0.2, -0.15) is 0 Å². The maximum Gasteiger partial charge on any atom is 0.313 e. The zero-order valence-corrected chi connectivity index (χ0v) is 11.6. The Kier molecular flexibility index (Phi) is 3.92. The van der Waals surface area contributed by atoms with Crippen molar-refractivity contribution in [3.8, 4) is 11.6 Å². The van der Waals surface area contributed by atoms with Gasteiger partial charge in [-0.3, -0.25) is 10.1 Å². The molecule has 6 nitrogen and oxygen atoms in total. The van der Waals surface area contributed by atoms with Crippen LogP contribution >= 0.6 is 34.2 Å². The predicted octanol–water partition coefficient (Wildman–Crippen LogP) is 3.44. The minimum Gasteiger partial charge on any atom is -0.429 e. The van der Waals surface area contributed by atoms with Crippen LogP contribution in [0.4, 0.5) is 5.69 Å². The Balaban J connectivity index is 2.46. The highest BCUT2D eigenvalue weighted by Crippen LogP contribution is 2.37. The van der Waals surface area contributed by atoms with Gasteiger partial charge in [0.15, 0.2) is 0 Å². The third-order valence-corrected chi connectivity index (χ3v) is 3.01. The van der Waals surface area contributed by atoms with Crippen molar-refractivity contribution in [1.29, 1.82) is 0 Å². The number of hydrogen-bond donors (Lipinski definition) is 0. The highest BCUT2D eigenvalue weighted by molar-refractivity contribution is 14.1. The second-order valence-corrected chi connectivity index (χ2v) is 4.69. The molecule has 0 saturated heterocycles. The fourth-order valence-corrected chi connectivity index (χ4v) is 1.83. The van der Waals surface area contributed by atoms with Crippen LogP contribution in [0.25, 0.3) is 0 Å². The van der Waals surface area contributed by atoms with E-state index in [4.69, 9.17) is 16.3 Å². The number of hydrogen-bond acceptors (Lipinski definition) is 5. The number of halogens is 2. The molecule has 0 aliphatic heterocycles. The third kappa shape index (κ3) is 2.67. The summed E-state index contributed by atoms with van der Waals surface area (Å²) in [5.41, 5.74) is -0.211. The summed E-state index contributed by atoms with van der Waals surface area (Å²) in [4.78, 5) is 18.0. The molecule has 0 amide bonds. The molecule has 18 heavy (non-hydrogen) atoms. The lowest BCUT2D eigenvalue weighted by atomic mass is 10.3.